The second kappa shape index (κ2) is 4.39. The van der Waals surface area contributed by atoms with Crippen molar-refractivity contribution in [3.8, 4) is 5.75 Å². The third-order valence-electron chi connectivity index (χ3n) is 4.88. The van der Waals surface area contributed by atoms with Crippen molar-refractivity contribution < 1.29 is 22.7 Å². The van der Waals surface area contributed by atoms with Gasteiger partial charge in [-0.1, -0.05) is 26.8 Å². The van der Waals surface area contributed by atoms with Gasteiger partial charge in [0.05, 0.1) is 5.41 Å². The maximum Gasteiger partial charge on any atom is 0.398 e. The van der Waals surface area contributed by atoms with Gasteiger partial charge in [-0.05, 0) is 48.1 Å². The van der Waals surface area contributed by atoms with Gasteiger partial charge in [0.2, 0.25) is 0 Å². The lowest BCUT2D eigenvalue weighted by molar-refractivity contribution is -0.161. The van der Waals surface area contributed by atoms with E-state index in [9.17, 15) is 22.7 Å². The summed E-state index contributed by atoms with van der Waals surface area (Å²) in [4.78, 5) is 0. The highest BCUT2D eigenvalue weighted by molar-refractivity contribution is 5.54. The fourth-order valence-corrected chi connectivity index (χ4v) is 3.24. The van der Waals surface area contributed by atoms with Crippen molar-refractivity contribution in [2.24, 2.45) is 0 Å². The molecule has 0 aliphatic heterocycles. The Balaban J connectivity index is 2.24. The van der Waals surface area contributed by atoms with Crippen molar-refractivity contribution in [1.29, 1.82) is 0 Å². The van der Waals surface area contributed by atoms with E-state index in [0.717, 1.165) is 12.8 Å². The van der Waals surface area contributed by atoms with E-state index in [1.165, 1.54) is 6.07 Å². The second-order valence-electron chi connectivity index (χ2n) is 7.65. The lowest BCUT2D eigenvalue weighted by atomic mass is 9.78. The average Bonchev–Trinajstić information content (AvgIpc) is 3.23. The van der Waals surface area contributed by atoms with Gasteiger partial charge in [-0.2, -0.15) is 13.2 Å². The summed E-state index contributed by atoms with van der Waals surface area (Å²) in [6, 6.07) is 1.41. The van der Waals surface area contributed by atoms with E-state index in [1.54, 1.807) is 0 Å². The topological polar surface area (TPSA) is 20.2 Å². The molecular formula is C17H20F4O. The number of aromatic hydroxyl groups is 1. The van der Waals surface area contributed by atoms with Crippen LogP contribution in [0.2, 0.25) is 0 Å². The van der Waals surface area contributed by atoms with Crippen molar-refractivity contribution in [3.05, 3.63) is 28.6 Å². The molecule has 3 rings (SSSR count). The maximum absolute atomic E-state index is 14.7. The van der Waals surface area contributed by atoms with Gasteiger partial charge in [0.15, 0.2) is 11.6 Å². The molecule has 1 nitrogen and oxygen atoms in total. The van der Waals surface area contributed by atoms with Crippen LogP contribution in [0.3, 0.4) is 0 Å². The highest BCUT2D eigenvalue weighted by atomic mass is 19.4. The van der Waals surface area contributed by atoms with E-state index in [1.807, 2.05) is 20.8 Å². The van der Waals surface area contributed by atoms with E-state index in [4.69, 9.17) is 0 Å². The highest BCUT2D eigenvalue weighted by Crippen LogP contribution is 2.62. The minimum atomic E-state index is -4.47. The summed E-state index contributed by atoms with van der Waals surface area (Å²) in [5.41, 5.74) is -1.82. The summed E-state index contributed by atoms with van der Waals surface area (Å²) in [5, 5.41) is 10.1. The number of hydrogen-bond acceptors (Lipinski definition) is 1. The first-order valence-electron chi connectivity index (χ1n) is 7.62. The summed E-state index contributed by atoms with van der Waals surface area (Å²) in [6.45, 7) is 5.59. The van der Waals surface area contributed by atoms with Gasteiger partial charge in [0, 0.05) is 5.56 Å². The Hall–Kier alpha value is -1.26. The molecule has 2 aliphatic carbocycles. The van der Waals surface area contributed by atoms with Gasteiger partial charge < -0.3 is 5.11 Å². The third-order valence-corrected chi connectivity index (χ3v) is 4.88. The van der Waals surface area contributed by atoms with Gasteiger partial charge in [0.1, 0.15) is 0 Å². The molecular weight excluding hydrogens is 296 g/mol. The van der Waals surface area contributed by atoms with Crippen molar-refractivity contribution in [2.45, 2.75) is 69.4 Å². The molecule has 5 heteroatoms. The van der Waals surface area contributed by atoms with Gasteiger partial charge in [-0.25, -0.2) is 4.39 Å². The van der Waals surface area contributed by atoms with Gasteiger partial charge in [0.25, 0.3) is 0 Å². The molecule has 1 aromatic carbocycles. The minimum Gasteiger partial charge on any atom is -0.505 e. The summed E-state index contributed by atoms with van der Waals surface area (Å²) in [6.07, 6.45) is -2.99. The number of benzene rings is 1. The Morgan fingerprint density at radius 2 is 1.68 bits per heavy atom. The molecule has 0 atom stereocenters. The van der Waals surface area contributed by atoms with Crippen LogP contribution in [0, 0.1) is 5.82 Å². The summed E-state index contributed by atoms with van der Waals surface area (Å²) in [7, 11) is 0. The van der Waals surface area contributed by atoms with Crippen LogP contribution in [0.25, 0.3) is 0 Å². The molecule has 2 saturated carbocycles. The molecule has 2 fully saturated rings. The van der Waals surface area contributed by atoms with Crippen LogP contribution in [0.15, 0.2) is 6.07 Å². The summed E-state index contributed by atoms with van der Waals surface area (Å²) >= 11 is 0. The highest BCUT2D eigenvalue weighted by Gasteiger charge is 2.65. The van der Waals surface area contributed by atoms with Crippen LogP contribution >= 0.6 is 0 Å². The molecule has 0 unspecified atom stereocenters. The molecule has 0 saturated heterocycles. The van der Waals surface area contributed by atoms with Crippen LogP contribution in [-0.4, -0.2) is 11.3 Å². The molecule has 1 aromatic rings. The molecule has 0 bridgehead atoms. The zero-order valence-electron chi connectivity index (χ0n) is 12.9. The Morgan fingerprint density at radius 3 is 2.05 bits per heavy atom. The van der Waals surface area contributed by atoms with E-state index in [2.05, 4.69) is 0 Å². The lowest BCUT2D eigenvalue weighted by Gasteiger charge is -2.28. The number of alkyl halides is 3. The third kappa shape index (κ3) is 2.20. The Bertz CT molecular complexity index is 617. The average molecular weight is 316 g/mol. The Labute approximate surface area is 127 Å². The van der Waals surface area contributed by atoms with Crippen LogP contribution < -0.4 is 0 Å². The molecule has 0 spiro atoms. The minimum absolute atomic E-state index is 0.0233. The molecule has 0 radical (unpaired) electrons. The van der Waals surface area contributed by atoms with E-state index >= 15 is 0 Å². The largest absolute Gasteiger partial charge is 0.505 e. The summed E-state index contributed by atoms with van der Waals surface area (Å²) in [5.74, 6) is -1.62. The first-order valence-corrected chi connectivity index (χ1v) is 7.62. The van der Waals surface area contributed by atoms with Crippen molar-refractivity contribution in [1.82, 2.24) is 0 Å². The summed E-state index contributed by atoms with van der Waals surface area (Å²) < 4.78 is 54.8. The number of hydrogen-bond donors (Lipinski definition) is 1. The molecule has 122 valence electrons. The number of rotatable bonds is 2. The standard InChI is InChI=1S/C17H20F4O/c1-15(2,3)10-8-11(16(6-7-16)17(19,20)21)14(22)13(18)12(10)9-4-5-9/h8-9,22H,4-7H2,1-3H3. The van der Waals surface area contributed by atoms with Crippen LogP contribution in [0.1, 0.15) is 69.1 Å². The molecule has 0 heterocycles. The predicted molar refractivity (Wildman–Crippen MR) is 75.7 cm³/mol. The predicted octanol–water partition coefficient (Wildman–Crippen LogP) is 5.30. The fraction of sp³-hybridized carbons (Fsp3) is 0.647. The normalized spacial score (nSPS) is 21.0. The number of halogens is 4. The van der Waals surface area contributed by atoms with Crippen LogP contribution in [0.5, 0.6) is 5.75 Å². The quantitative estimate of drug-likeness (QED) is 0.734. The van der Waals surface area contributed by atoms with Gasteiger partial charge in [-0.15, -0.1) is 0 Å². The van der Waals surface area contributed by atoms with E-state index < -0.39 is 28.6 Å². The van der Waals surface area contributed by atoms with Crippen molar-refractivity contribution in [2.75, 3.05) is 0 Å². The van der Waals surface area contributed by atoms with Crippen LogP contribution in [0.4, 0.5) is 17.6 Å². The molecule has 1 N–H and O–H groups in total. The van der Waals surface area contributed by atoms with Crippen molar-refractivity contribution >= 4 is 0 Å². The molecule has 22 heavy (non-hydrogen) atoms. The number of phenolic OH excluding ortho intramolecular Hbond substituents is 1. The second-order valence-corrected chi connectivity index (χ2v) is 7.65. The molecule has 0 aromatic heterocycles. The Morgan fingerprint density at radius 1 is 1.14 bits per heavy atom. The monoisotopic (exact) mass is 316 g/mol. The van der Waals surface area contributed by atoms with Crippen LogP contribution in [-0.2, 0) is 10.8 Å². The van der Waals surface area contributed by atoms with Gasteiger partial charge in [-0.3, -0.25) is 0 Å². The first kappa shape index (κ1) is 15.6. The smallest absolute Gasteiger partial charge is 0.398 e. The molecule has 0 amide bonds. The fourth-order valence-electron chi connectivity index (χ4n) is 3.24. The Kier molecular flexibility index (Phi) is 3.12. The lowest BCUT2D eigenvalue weighted by Crippen LogP contribution is -2.30. The number of phenols is 1. The zero-order chi connectivity index (χ0) is 16.5. The maximum atomic E-state index is 14.7. The SMILES string of the molecule is CC(C)(C)c1cc(C2(C(F)(F)F)CC2)c(O)c(F)c1C1CC1. The molecule has 2 aliphatic rings. The van der Waals surface area contributed by atoms with E-state index in [-0.39, 0.29) is 24.3 Å². The van der Waals surface area contributed by atoms with Gasteiger partial charge >= 0.3 is 6.18 Å². The first-order chi connectivity index (χ1) is 9.99. The zero-order valence-corrected chi connectivity index (χ0v) is 12.9. The van der Waals surface area contributed by atoms with E-state index in [0.29, 0.717) is 11.1 Å². The van der Waals surface area contributed by atoms with Crippen molar-refractivity contribution in [3.63, 3.8) is 0 Å².